The minimum Gasteiger partial charge on any atom is -0.497 e. The highest BCUT2D eigenvalue weighted by atomic mass is 16.5. The third kappa shape index (κ3) is 2.39. The number of hydrogen-bond acceptors (Lipinski definition) is 2. The van der Waals surface area contributed by atoms with Gasteiger partial charge in [-0.2, -0.15) is 0 Å². The fourth-order valence-corrected chi connectivity index (χ4v) is 2.99. The second-order valence-electron chi connectivity index (χ2n) is 5.50. The highest BCUT2D eigenvalue weighted by Gasteiger charge is 2.44. The fourth-order valence-electron chi connectivity index (χ4n) is 2.99. The molecule has 1 aliphatic rings. The molecule has 2 unspecified atom stereocenters. The molecule has 2 nitrogen and oxygen atoms in total. The Hall–Kier alpha value is -1.02. The van der Waals surface area contributed by atoms with Gasteiger partial charge < -0.3 is 10.1 Å². The van der Waals surface area contributed by atoms with E-state index >= 15 is 0 Å². The molecule has 0 bridgehead atoms. The average Bonchev–Trinajstić information content (AvgIpc) is 2.42. The second-order valence-corrected chi connectivity index (χ2v) is 5.50. The summed E-state index contributed by atoms with van der Waals surface area (Å²) in [7, 11) is 1.72. The first kappa shape index (κ1) is 13.4. The monoisotopic (exact) mass is 247 g/mol. The van der Waals surface area contributed by atoms with Gasteiger partial charge in [0.15, 0.2) is 0 Å². The molecule has 18 heavy (non-hydrogen) atoms. The van der Waals surface area contributed by atoms with Crippen molar-refractivity contribution >= 4 is 0 Å². The number of ether oxygens (including phenoxy) is 1. The Bertz CT molecular complexity index is 373. The lowest BCUT2D eigenvalue weighted by molar-refractivity contribution is 0.134. The lowest BCUT2D eigenvalue weighted by Crippen LogP contribution is -2.50. The third-order valence-electron chi connectivity index (χ3n) is 4.50. The highest BCUT2D eigenvalue weighted by molar-refractivity contribution is 5.35. The van der Waals surface area contributed by atoms with E-state index in [0.29, 0.717) is 5.41 Å². The molecule has 0 aliphatic heterocycles. The van der Waals surface area contributed by atoms with E-state index in [0.717, 1.165) is 24.8 Å². The molecule has 0 amide bonds. The molecule has 2 rings (SSSR count). The second kappa shape index (κ2) is 5.75. The number of hydrogen-bond donors (Lipinski definition) is 1. The van der Waals surface area contributed by atoms with Gasteiger partial charge >= 0.3 is 0 Å². The van der Waals surface area contributed by atoms with Crippen molar-refractivity contribution in [3.05, 3.63) is 29.8 Å². The van der Waals surface area contributed by atoms with E-state index in [9.17, 15) is 0 Å². The van der Waals surface area contributed by atoms with Crippen LogP contribution in [0.4, 0.5) is 0 Å². The lowest BCUT2D eigenvalue weighted by atomic mass is 9.57. The molecule has 1 fully saturated rings. The number of benzene rings is 1. The number of rotatable bonds is 6. The summed E-state index contributed by atoms with van der Waals surface area (Å²) in [5, 5.41) is 3.60. The van der Waals surface area contributed by atoms with Gasteiger partial charge in [0.2, 0.25) is 0 Å². The summed E-state index contributed by atoms with van der Waals surface area (Å²) in [6, 6.07) is 8.65. The van der Waals surface area contributed by atoms with E-state index in [1.54, 1.807) is 7.11 Å². The summed E-state index contributed by atoms with van der Waals surface area (Å²) in [4.78, 5) is 0. The van der Waals surface area contributed by atoms with E-state index in [2.05, 4.69) is 43.4 Å². The van der Waals surface area contributed by atoms with Crippen molar-refractivity contribution in [1.82, 2.24) is 5.32 Å². The van der Waals surface area contributed by atoms with Crippen molar-refractivity contribution in [1.29, 1.82) is 0 Å². The standard InChI is InChI=1S/C16H25NO/c1-4-11-17-12-16(10-9-13(16)2)14-5-7-15(18-3)8-6-14/h5-8,13,17H,4,9-12H2,1-3H3. The zero-order valence-corrected chi connectivity index (χ0v) is 11.8. The Morgan fingerprint density at radius 1 is 1.33 bits per heavy atom. The average molecular weight is 247 g/mol. The molecule has 1 N–H and O–H groups in total. The van der Waals surface area contributed by atoms with E-state index in [1.807, 2.05) is 0 Å². The van der Waals surface area contributed by atoms with E-state index < -0.39 is 0 Å². The van der Waals surface area contributed by atoms with Gasteiger partial charge in [-0.05, 0) is 49.4 Å². The zero-order valence-electron chi connectivity index (χ0n) is 11.8. The summed E-state index contributed by atoms with van der Waals surface area (Å²) in [6.07, 6.45) is 3.85. The predicted molar refractivity (Wildman–Crippen MR) is 76.2 cm³/mol. The SMILES string of the molecule is CCCNCC1(c2ccc(OC)cc2)CCC1C. The Kier molecular flexibility index (Phi) is 4.28. The van der Waals surface area contributed by atoms with Crippen LogP contribution < -0.4 is 10.1 Å². The largest absolute Gasteiger partial charge is 0.497 e. The van der Waals surface area contributed by atoms with E-state index in [1.165, 1.54) is 24.8 Å². The summed E-state index contributed by atoms with van der Waals surface area (Å²) in [6.45, 7) is 6.82. The summed E-state index contributed by atoms with van der Waals surface area (Å²) >= 11 is 0. The molecule has 1 aromatic rings. The van der Waals surface area contributed by atoms with Crippen molar-refractivity contribution < 1.29 is 4.74 Å². The molecule has 2 heteroatoms. The molecule has 0 spiro atoms. The minimum atomic E-state index is 0.349. The quantitative estimate of drug-likeness (QED) is 0.778. The Morgan fingerprint density at radius 2 is 2.06 bits per heavy atom. The molecule has 0 heterocycles. The van der Waals surface area contributed by atoms with Crippen LogP contribution in [0.5, 0.6) is 5.75 Å². The first-order valence-corrected chi connectivity index (χ1v) is 7.08. The summed E-state index contributed by atoms with van der Waals surface area (Å²) in [5.41, 5.74) is 1.81. The van der Waals surface area contributed by atoms with Gasteiger partial charge in [0.25, 0.3) is 0 Å². The third-order valence-corrected chi connectivity index (χ3v) is 4.50. The molecule has 0 radical (unpaired) electrons. The molecule has 1 saturated carbocycles. The van der Waals surface area contributed by atoms with E-state index in [4.69, 9.17) is 4.74 Å². The normalized spacial score (nSPS) is 26.7. The number of methoxy groups -OCH3 is 1. The smallest absolute Gasteiger partial charge is 0.118 e. The summed E-state index contributed by atoms with van der Waals surface area (Å²) < 4.78 is 5.24. The highest BCUT2D eigenvalue weighted by Crippen LogP contribution is 2.48. The van der Waals surface area contributed by atoms with Crippen LogP contribution in [0.1, 0.15) is 38.7 Å². The van der Waals surface area contributed by atoms with Gasteiger partial charge in [-0.3, -0.25) is 0 Å². The minimum absolute atomic E-state index is 0.349. The van der Waals surface area contributed by atoms with Gasteiger partial charge in [0.05, 0.1) is 7.11 Å². The van der Waals surface area contributed by atoms with Gasteiger partial charge in [0.1, 0.15) is 5.75 Å². The van der Waals surface area contributed by atoms with Crippen molar-refractivity contribution in [3.8, 4) is 5.75 Å². The maximum Gasteiger partial charge on any atom is 0.118 e. The van der Waals surface area contributed by atoms with Crippen LogP contribution in [0, 0.1) is 5.92 Å². The molecule has 0 saturated heterocycles. The first-order valence-electron chi connectivity index (χ1n) is 7.08. The van der Waals surface area contributed by atoms with Crippen molar-refractivity contribution in [2.75, 3.05) is 20.2 Å². The molecule has 1 aliphatic carbocycles. The molecule has 100 valence electrons. The van der Waals surface area contributed by atoms with Crippen LogP contribution in [0.3, 0.4) is 0 Å². The van der Waals surface area contributed by atoms with Gasteiger partial charge in [-0.15, -0.1) is 0 Å². The van der Waals surface area contributed by atoms with Crippen molar-refractivity contribution in [2.45, 2.75) is 38.5 Å². The van der Waals surface area contributed by atoms with E-state index in [-0.39, 0.29) is 0 Å². The van der Waals surface area contributed by atoms with Crippen LogP contribution in [0.15, 0.2) is 24.3 Å². The molecule has 2 atom stereocenters. The maximum absolute atomic E-state index is 5.24. The van der Waals surface area contributed by atoms with Crippen LogP contribution in [0.25, 0.3) is 0 Å². The maximum atomic E-state index is 5.24. The van der Waals surface area contributed by atoms with Crippen molar-refractivity contribution in [3.63, 3.8) is 0 Å². The Balaban J connectivity index is 2.13. The predicted octanol–water partition coefficient (Wildman–Crippen LogP) is 3.36. The number of nitrogens with one attached hydrogen (secondary N) is 1. The van der Waals surface area contributed by atoms with Crippen LogP contribution >= 0.6 is 0 Å². The van der Waals surface area contributed by atoms with Crippen LogP contribution in [-0.2, 0) is 5.41 Å². The van der Waals surface area contributed by atoms with Crippen molar-refractivity contribution in [2.24, 2.45) is 5.92 Å². The summed E-state index contributed by atoms with van der Waals surface area (Å²) in [5.74, 6) is 1.72. The first-order chi connectivity index (χ1) is 8.73. The van der Waals surface area contributed by atoms with Gasteiger partial charge in [0, 0.05) is 12.0 Å². The molecular formula is C16H25NO. The lowest BCUT2D eigenvalue weighted by Gasteiger charge is -2.49. The van der Waals surface area contributed by atoms with Crippen LogP contribution in [0.2, 0.25) is 0 Å². The Labute approximate surface area is 111 Å². The fraction of sp³-hybridized carbons (Fsp3) is 0.625. The molecule has 1 aromatic carbocycles. The Morgan fingerprint density at radius 3 is 2.50 bits per heavy atom. The topological polar surface area (TPSA) is 21.3 Å². The van der Waals surface area contributed by atoms with Crippen LogP contribution in [-0.4, -0.2) is 20.2 Å². The molecule has 0 aromatic heterocycles. The van der Waals surface area contributed by atoms with Gasteiger partial charge in [-0.1, -0.05) is 26.0 Å². The molecular weight excluding hydrogens is 222 g/mol. The zero-order chi connectivity index (χ0) is 13.0. The van der Waals surface area contributed by atoms with Gasteiger partial charge in [-0.25, -0.2) is 0 Å².